The lowest BCUT2D eigenvalue weighted by Gasteiger charge is -2.38. The zero-order valence-electron chi connectivity index (χ0n) is 15.4. The number of rotatable bonds is 3. The number of halogens is 1. The van der Waals surface area contributed by atoms with E-state index in [-0.39, 0.29) is 23.3 Å². The minimum atomic E-state index is -0.853. The molecule has 2 atom stereocenters. The summed E-state index contributed by atoms with van der Waals surface area (Å²) in [4.78, 5) is 42.6. The Morgan fingerprint density at radius 2 is 1.89 bits per heavy atom. The molecule has 3 rings (SSSR count). The molecule has 1 aromatic carbocycles. The number of nitrogens with two attached hydrogens (primary N) is 1. The largest absolute Gasteiger partial charge is 0.365 e. The Labute approximate surface area is 167 Å². The molecule has 0 aliphatic carbocycles. The smallest absolute Gasteiger partial charge is 0.315 e. The van der Waals surface area contributed by atoms with Crippen molar-refractivity contribution in [3.63, 3.8) is 0 Å². The van der Waals surface area contributed by atoms with Crippen LogP contribution in [0.5, 0.6) is 0 Å². The molecule has 2 aromatic rings. The lowest BCUT2D eigenvalue weighted by Crippen LogP contribution is -2.46. The minimum Gasteiger partial charge on any atom is -0.365 e. The maximum Gasteiger partial charge on any atom is 0.315 e. The van der Waals surface area contributed by atoms with E-state index in [2.05, 4.69) is 10.3 Å². The second-order valence-electron chi connectivity index (χ2n) is 6.93. The fourth-order valence-corrected chi connectivity index (χ4v) is 3.53. The van der Waals surface area contributed by atoms with Gasteiger partial charge in [0.15, 0.2) is 0 Å². The summed E-state index contributed by atoms with van der Waals surface area (Å²) >= 11 is 5.96. The summed E-state index contributed by atoms with van der Waals surface area (Å²) in [6.45, 7) is 2.50. The van der Waals surface area contributed by atoms with Crippen LogP contribution >= 0.6 is 11.6 Å². The molecule has 146 valence electrons. The lowest BCUT2D eigenvalue weighted by atomic mass is 9.90. The number of nitrogens with zero attached hydrogens (tertiary/aromatic N) is 2. The number of carbonyl (C=O) groups is 3. The van der Waals surface area contributed by atoms with Crippen LogP contribution in [-0.4, -0.2) is 34.2 Å². The molecular formula is C20H21ClN4O3. The van der Waals surface area contributed by atoms with Crippen molar-refractivity contribution in [2.75, 3.05) is 11.9 Å². The van der Waals surface area contributed by atoms with Crippen LogP contribution in [0.25, 0.3) is 0 Å². The van der Waals surface area contributed by atoms with Gasteiger partial charge in [0.2, 0.25) is 0 Å². The van der Waals surface area contributed by atoms with Gasteiger partial charge in [-0.3, -0.25) is 14.4 Å². The summed E-state index contributed by atoms with van der Waals surface area (Å²) in [5.74, 6) is -2.01. The van der Waals surface area contributed by atoms with Gasteiger partial charge in [-0.2, -0.15) is 0 Å². The van der Waals surface area contributed by atoms with Crippen LogP contribution in [0.1, 0.15) is 41.7 Å². The maximum absolute atomic E-state index is 12.9. The highest BCUT2D eigenvalue weighted by Gasteiger charge is 2.34. The number of hydrogen-bond acceptors (Lipinski definition) is 4. The monoisotopic (exact) mass is 400 g/mol. The van der Waals surface area contributed by atoms with Gasteiger partial charge in [0.05, 0.1) is 11.6 Å². The molecule has 1 fully saturated rings. The normalized spacial score (nSPS) is 19.1. The van der Waals surface area contributed by atoms with Gasteiger partial charge < -0.3 is 16.0 Å². The van der Waals surface area contributed by atoms with Gasteiger partial charge >= 0.3 is 11.8 Å². The van der Waals surface area contributed by atoms with Crippen LogP contribution in [0.15, 0.2) is 42.6 Å². The van der Waals surface area contributed by atoms with Gasteiger partial charge in [0.25, 0.3) is 5.91 Å². The zero-order chi connectivity index (χ0) is 20.3. The number of pyridine rings is 1. The number of primary amides is 1. The molecule has 1 saturated heterocycles. The maximum atomic E-state index is 12.9. The third-order valence-corrected chi connectivity index (χ3v) is 5.08. The Morgan fingerprint density at radius 1 is 1.18 bits per heavy atom. The highest BCUT2D eigenvalue weighted by Crippen LogP contribution is 2.34. The van der Waals surface area contributed by atoms with E-state index in [4.69, 9.17) is 17.3 Å². The molecule has 1 aromatic heterocycles. The molecule has 28 heavy (non-hydrogen) atoms. The average Bonchev–Trinajstić information content (AvgIpc) is 2.68. The molecular weight excluding hydrogens is 380 g/mol. The number of benzene rings is 1. The van der Waals surface area contributed by atoms with Gasteiger partial charge in [-0.1, -0.05) is 30.7 Å². The summed E-state index contributed by atoms with van der Waals surface area (Å²) in [6.07, 6.45) is 3.11. The van der Waals surface area contributed by atoms with Crippen molar-refractivity contribution in [2.24, 2.45) is 11.7 Å². The van der Waals surface area contributed by atoms with Crippen LogP contribution < -0.4 is 11.1 Å². The lowest BCUT2D eigenvalue weighted by molar-refractivity contribution is -0.146. The van der Waals surface area contributed by atoms with Gasteiger partial charge in [-0.25, -0.2) is 4.98 Å². The first-order valence-electron chi connectivity index (χ1n) is 8.99. The van der Waals surface area contributed by atoms with E-state index in [1.165, 1.54) is 18.3 Å². The second kappa shape index (κ2) is 8.39. The summed E-state index contributed by atoms with van der Waals surface area (Å²) < 4.78 is 0. The average molecular weight is 401 g/mol. The summed E-state index contributed by atoms with van der Waals surface area (Å²) in [6, 6.07) is 10.0. The van der Waals surface area contributed by atoms with Gasteiger partial charge in [-0.15, -0.1) is 0 Å². The van der Waals surface area contributed by atoms with Crippen molar-refractivity contribution >= 4 is 35.1 Å². The topological polar surface area (TPSA) is 105 Å². The van der Waals surface area contributed by atoms with Gasteiger partial charge in [0, 0.05) is 17.8 Å². The molecule has 0 bridgehead atoms. The van der Waals surface area contributed by atoms with Crippen molar-refractivity contribution in [1.29, 1.82) is 0 Å². The molecule has 7 nitrogen and oxygen atoms in total. The zero-order valence-corrected chi connectivity index (χ0v) is 16.1. The number of nitrogens with one attached hydrogen (secondary N) is 1. The molecule has 3 N–H and O–H groups in total. The first-order valence-corrected chi connectivity index (χ1v) is 9.37. The van der Waals surface area contributed by atoms with Crippen LogP contribution in [0.4, 0.5) is 5.82 Å². The van der Waals surface area contributed by atoms with Gasteiger partial charge in [-0.05, 0) is 48.6 Å². The van der Waals surface area contributed by atoms with Crippen molar-refractivity contribution in [3.8, 4) is 0 Å². The van der Waals surface area contributed by atoms with Crippen LogP contribution in [-0.2, 0) is 9.59 Å². The Kier molecular flexibility index (Phi) is 5.94. The third-order valence-electron chi connectivity index (χ3n) is 4.83. The number of amides is 3. The van der Waals surface area contributed by atoms with Crippen molar-refractivity contribution in [2.45, 2.75) is 25.8 Å². The number of carbonyl (C=O) groups excluding carboxylic acids is 3. The number of aromatic nitrogens is 1. The summed E-state index contributed by atoms with van der Waals surface area (Å²) in [7, 11) is 0. The summed E-state index contributed by atoms with van der Waals surface area (Å²) in [5, 5.41) is 3.03. The molecule has 8 heteroatoms. The van der Waals surface area contributed by atoms with Crippen molar-refractivity contribution in [3.05, 3.63) is 58.7 Å². The van der Waals surface area contributed by atoms with E-state index in [0.717, 1.165) is 18.4 Å². The third kappa shape index (κ3) is 4.31. The van der Waals surface area contributed by atoms with Gasteiger partial charge in [0.1, 0.15) is 5.82 Å². The first-order chi connectivity index (χ1) is 13.4. The number of piperidine rings is 1. The Balaban J connectivity index is 1.82. The Hall–Kier alpha value is -2.93. The van der Waals surface area contributed by atoms with E-state index in [9.17, 15) is 14.4 Å². The quantitative estimate of drug-likeness (QED) is 0.772. The molecule has 0 unspecified atom stereocenters. The van der Waals surface area contributed by atoms with E-state index in [1.54, 1.807) is 17.0 Å². The predicted octanol–water partition coefficient (Wildman–Crippen LogP) is 2.77. The Bertz CT molecular complexity index is 901. The fraction of sp³-hybridized carbons (Fsp3) is 0.300. The first kappa shape index (κ1) is 19.8. The standard InChI is InChI=1S/C20H21ClN4O3/c1-12-4-9-16(13-5-7-14(21)8-6-13)25(11-12)20(28)19(27)24-18-15(17(22)26)3-2-10-23-18/h2-3,5-8,10,12,16H,4,9,11H2,1H3,(H2,22,26)(H,23,24,27)/t12-,16+/m1/s1. The molecule has 0 saturated carbocycles. The van der Waals surface area contributed by atoms with Crippen LogP contribution in [0.2, 0.25) is 5.02 Å². The highest BCUT2D eigenvalue weighted by atomic mass is 35.5. The molecule has 2 heterocycles. The molecule has 1 aliphatic rings. The number of likely N-dealkylation sites (tertiary alicyclic amines) is 1. The van der Waals surface area contributed by atoms with E-state index < -0.39 is 17.7 Å². The molecule has 0 spiro atoms. The van der Waals surface area contributed by atoms with Crippen molar-refractivity contribution < 1.29 is 14.4 Å². The summed E-state index contributed by atoms with van der Waals surface area (Å²) in [5.41, 5.74) is 6.27. The van der Waals surface area contributed by atoms with E-state index in [0.29, 0.717) is 11.6 Å². The molecule has 3 amide bonds. The van der Waals surface area contributed by atoms with Crippen LogP contribution in [0.3, 0.4) is 0 Å². The van der Waals surface area contributed by atoms with E-state index in [1.807, 2.05) is 19.1 Å². The SMILES string of the molecule is C[C@@H]1CC[C@@H](c2ccc(Cl)cc2)N(C(=O)C(=O)Nc2ncccc2C(N)=O)C1. The van der Waals surface area contributed by atoms with Crippen LogP contribution in [0, 0.1) is 5.92 Å². The molecule has 0 radical (unpaired) electrons. The van der Waals surface area contributed by atoms with E-state index >= 15 is 0 Å². The van der Waals surface area contributed by atoms with Crippen molar-refractivity contribution in [1.82, 2.24) is 9.88 Å². The Morgan fingerprint density at radius 3 is 2.57 bits per heavy atom. The molecule has 1 aliphatic heterocycles. The highest BCUT2D eigenvalue weighted by molar-refractivity contribution is 6.39. The number of hydrogen-bond donors (Lipinski definition) is 2. The fourth-order valence-electron chi connectivity index (χ4n) is 3.40. The second-order valence-corrected chi connectivity index (χ2v) is 7.36. The predicted molar refractivity (Wildman–Crippen MR) is 106 cm³/mol. The minimum absolute atomic E-state index is 0.0264. The number of anilines is 1.